The van der Waals surface area contributed by atoms with Gasteiger partial charge in [-0.05, 0) is 30.7 Å². The molecule has 1 aromatic rings. The lowest BCUT2D eigenvalue weighted by molar-refractivity contribution is -0.384. The minimum atomic E-state index is -0.299. The van der Waals surface area contributed by atoms with Crippen molar-refractivity contribution in [3.63, 3.8) is 0 Å². The molecule has 1 aromatic carbocycles. The molecule has 1 aliphatic rings. The third-order valence-corrected chi connectivity index (χ3v) is 4.48. The van der Waals surface area contributed by atoms with Gasteiger partial charge in [-0.1, -0.05) is 38.8 Å². The van der Waals surface area contributed by atoms with E-state index in [-0.39, 0.29) is 10.6 Å². The molecule has 0 aromatic heterocycles. The van der Waals surface area contributed by atoms with Crippen LogP contribution in [-0.2, 0) is 0 Å². The number of nitrogens with zero attached hydrogens (tertiary/aromatic N) is 1. The van der Waals surface area contributed by atoms with Crippen LogP contribution in [0.5, 0.6) is 0 Å². The van der Waals surface area contributed by atoms with Crippen molar-refractivity contribution < 1.29 is 4.92 Å². The maximum atomic E-state index is 11.1. The van der Waals surface area contributed by atoms with Gasteiger partial charge >= 0.3 is 0 Å². The fourth-order valence-electron chi connectivity index (χ4n) is 2.96. The Labute approximate surface area is 114 Å². The van der Waals surface area contributed by atoms with E-state index in [1.165, 1.54) is 12.8 Å². The highest BCUT2D eigenvalue weighted by Gasteiger charge is 2.29. The number of para-hydroxylation sites is 1. The van der Waals surface area contributed by atoms with Gasteiger partial charge in [0.25, 0.3) is 5.69 Å². The van der Waals surface area contributed by atoms with Crippen LogP contribution in [0.25, 0.3) is 0 Å². The molecule has 4 nitrogen and oxygen atoms in total. The van der Waals surface area contributed by atoms with Crippen molar-refractivity contribution >= 4 is 11.4 Å². The molecule has 0 spiro atoms. The Kier molecular flexibility index (Phi) is 4.08. The van der Waals surface area contributed by atoms with E-state index in [9.17, 15) is 10.1 Å². The predicted molar refractivity (Wildman–Crippen MR) is 77.4 cm³/mol. The average molecular weight is 262 g/mol. The summed E-state index contributed by atoms with van der Waals surface area (Å²) in [7, 11) is 0. The van der Waals surface area contributed by atoms with Gasteiger partial charge in [0, 0.05) is 12.1 Å². The second kappa shape index (κ2) is 5.59. The lowest BCUT2D eigenvalue weighted by atomic mass is 9.78. The molecule has 3 atom stereocenters. The van der Waals surface area contributed by atoms with Crippen LogP contribution in [0.2, 0.25) is 0 Å². The first-order valence-corrected chi connectivity index (χ1v) is 7.01. The Morgan fingerprint density at radius 3 is 2.74 bits per heavy atom. The molecule has 0 bridgehead atoms. The van der Waals surface area contributed by atoms with E-state index in [1.807, 2.05) is 13.0 Å². The number of nitro groups is 1. The molecule has 0 heterocycles. The molecule has 3 unspecified atom stereocenters. The van der Waals surface area contributed by atoms with Gasteiger partial charge in [-0.3, -0.25) is 10.1 Å². The minimum absolute atomic E-state index is 0.186. The fraction of sp³-hybridized carbons (Fsp3) is 0.600. The highest BCUT2D eigenvalue weighted by atomic mass is 16.6. The zero-order chi connectivity index (χ0) is 14.0. The number of aryl methyl sites for hydroxylation is 1. The zero-order valence-electron chi connectivity index (χ0n) is 11.8. The molecule has 0 amide bonds. The third kappa shape index (κ3) is 2.88. The summed E-state index contributed by atoms with van der Waals surface area (Å²) < 4.78 is 0. The molecule has 104 valence electrons. The number of hydrogen-bond acceptors (Lipinski definition) is 3. The van der Waals surface area contributed by atoms with Gasteiger partial charge in [-0.2, -0.15) is 0 Å². The maximum absolute atomic E-state index is 11.1. The molecule has 1 N–H and O–H groups in total. The summed E-state index contributed by atoms with van der Waals surface area (Å²) in [6.07, 6.45) is 3.55. The van der Waals surface area contributed by atoms with Crippen LogP contribution >= 0.6 is 0 Å². The van der Waals surface area contributed by atoms with Crippen molar-refractivity contribution in [1.82, 2.24) is 0 Å². The van der Waals surface area contributed by atoms with E-state index in [1.54, 1.807) is 12.1 Å². The highest BCUT2D eigenvalue weighted by molar-refractivity contribution is 5.66. The smallest absolute Gasteiger partial charge is 0.292 e. The predicted octanol–water partition coefficient (Wildman–Crippen LogP) is 4.14. The molecule has 4 heteroatoms. The van der Waals surface area contributed by atoms with Crippen LogP contribution in [0.3, 0.4) is 0 Å². The van der Waals surface area contributed by atoms with Crippen LogP contribution in [0.1, 0.15) is 38.7 Å². The number of benzene rings is 1. The first kappa shape index (κ1) is 13.8. The zero-order valence-corrected chi connectivity index (χ0v) is 11.8. The summed E-state index contributed by atoms with van der Waals surface area (Å²) in [5.74, 6) is 1.22. The SMILES string of the molecule is Cc1cccc([N+](=O)[O-])c1NC1CCCC(C)C1C. The van der Waals surface area contributed by atoms with Crippen molar-refractivity contribution in [3.05, 3.63) is 33.9 Å². The van der Waals surface area contributed by atoms with E-state index in [0.717, 1.165) is 12.0 Å². The van der Waals surface area contributed by atoms with Gasteiger partial charge in [0.15, 0.2) is 0 Å². The molecular weight excluding hydrogens is 240 g/mol. The van der Waals surface area contributed by atoms with Gasteiger partial charge < -0.3 is 5.32 Å². The molecule has 1 saturated carbocycles. The van der Waals surface area contributed by atoms with Crippen molar-refractivity contribution in [3.8, 4) is 0 Å². The van der Waals surface area contributed by atoms with Crippen LogP contribution in [0, 0.1) is 28.9 Å². The lowest BCUT2D eigenvalue weighted by Crippen LogP contribution is -2.35. The Hall–Kier alpha value is -1.58. The van der Waals surface area contributed by atoms with Gasteiger partial charge in [-0.15, -0.1) is 0 Å². The van der Waals surface area contributed by atoms with Crippen molar-refractivity contribution in [2.75, 3.05) is 5.32 Å². The number of nitrogens with one attached hydrogen (secondary N) is 1. The highest BCUT2D eigenvalue weighted by Crippen LogP contribution is 2.35. The number of anilines is 1. The summed E-state index contributed by atoms with van der Waals surface area (Å²) in [6.45, 7) is 6.43. The van der Waals surface area contributed by atoms with E-state index in [2.05, 4.69) is 19.2 Å². The lowest BCUT2D eigenvalue weighted by Gasteiger charge is -2.35. The third-order valence-electron chi connectivity index (χ3n) is 4.48. The Bertz CT molecular complexity index is 473. The van der Waals surface area contributed by atoms with Gasteiger partial charge in [-0.25, -0.2) is 0 Å². The van der Waals surface area contributed by atoms with Gasteiger partial charge in [0.1, 0.15) is 5.69 Å². The quantitative estimate of drug-likeness (QED) is 0.658. The Morgan fingerprint density at radius 1 is 1.32 bits per heavy atom. The van der Waals surface area contributed by atoms with Gasteiger partial charge in [0.05, 0.1) is 4.92 Å². The van der Waals surface area contributed by atoms with Crippen molar-refractivity contribution in [2.24, 2.45) is 11.8 Å². The molecule has 19 heavy (non-hydrogen) atoms. The summed E-state index contributed by atoms with van der Waals surface area (Å²) in [6, 6.07) is 5.58. The first-order valence-electron chi connectivity index (χ1n) is 7.01. The first-order chi connectivity index (χ1) is 9.00. The van der Waals surface area contributed by atoms with Gasteiger partial charge in [0.2, 0.25) is 0 Å². The largest absolute Gasteiger partial charge is 0.376 e. The Morgan fingerprint density at radius 2 is 2.05 bits per heavy atom. The molecular formula is C15H22N2O2. The van der Waals surface area contributed by atoms with Crippen molar-refractivity contribution in [1.29, 1.82) is 0 Å². The second-order valence-electron chi connectivity index (χ2n) is 5.74. The molecule has 1 fully saturated rings. The van der Waals surface area contributed by atoms with E-state index < -0.39 is 0 Å². The van der Waals surface area contributed by atoms with Crippen LogP contribution in [0.4, 0.5) is 11.4 Å². The Balaban J connectivity index is 2.25. The van der Waals surface area contributed by atoms with Crippen LogP contribution in [-0.4, -0.2) is 11.0 Å². The number of nitro benzene ring substituents is 1. The molecule has 0 aliphatic heterocycles. The molecule has 2 rings (SSSR count). The van der Waals surface area contributed by atoms with E-state index in [4.69, 9.17) is 0 Å². The second-order valence-corrected chi connectivity index (χ2v) is 5.74. The summed E-state index contributed by atoms with van der Waals surface area (Å²) in [5.41, 5.74) is 1.82. The fourth-order valence-corrected chi connectivity index (χ4v) is 2.96. The summed E-state index contributed by atoms with van der Waals surface area (Å²) >= 11 is 0. The minimum Gasteiger partial charge on any atom is -0.376 e. The van der Waals surface area contributed by atoms with Crippen LogP contribution in [0.15, 0.2) is 18.2 Å². The number of hydrogen-bond donors (Lipinski definition) is 1. The normalized spacial score (nSPS) is 27.0. The number of rotatable bonds is 3. The maximum Gasteiger partial charge on any atom is 0.292 e. The summed E-state index contributed by atoms with van der Waals surface area (Å²) in [4.78, 5) is 10.8. The van der Waals surface area contributed by atoms with Crippen molar-refractivity contribution in [2.45, 2.75) is 46.1 Å². The molecule has 1 aliphatic carbocycles. The van der Waals surface area contributed by atoms with E-state index in [0.29, 0.717) is 23.6 Å². The topological polar surface area (TPSA) is 55.2 Å². The monoisotopic (exact) mass is 262 g/mol. The van der Waals surface area contributed by atoms with E-state index >= 15 is 0 Å². The van der Waals surface area contributed by atoms with Crippen LogP contribution < -0.4 is 5.32 Å². The standard InChI is InChI=1S/C15H22N2O2/c1-10-6-4-8-13(12(10)3)16-15-11(2)7-5-9-14(15)17(18)19/h5,7,9-10,12-13,16H,4,6,8H2,1-3H3. The average Bonchev–Trinajstić information content (AvgIpc) is 2.36. The summed E-state index contributed by atoms with van der Waals surface area (Å²) in [5, 5.41) is 14.6. The molecule has 0 radical (unpaired) electrons. The molecule has 0 saturated heterocycles.